The number of rotatable bonds is 8. The predicted molar refractivity (Wildman–Crippen MR) is 62.0 cm³/mol. The van der Waals surface area contributed by atoms with Crippen molar-refractivity contribution in [2.45, 2.75) is 58.6 Å². The van der Waals surface area contributed by atoms with Gasteiger partial charge in [-0.15, -0.1) is 0 Å². The fourth-order valence-electron chi connectivity index (χ4n) is 1.49. The Labute approximate surface area is 89.5 Å². The molecule has 0 rings (SSSR count). The van der Waals surface area contributed by atoms with Gasteiger partial charge < -0.3 is 9.59 Å². The van der Waals surface area contributed by atoms with E-state index in [0.717, 1.165) is 11.0 Å². The summed E-state index contributed by atoms with van der Waals surface area (Å²) >= 11 is 0. The van der Waals surface area contributed by atoms with Crippen molar-refractivity contribution in [1.82, 2.24) is 0 Å². The summed E-state index contributed by atoms with van der Waals surface area (Å²) in [4.78, 5) is 0. The largest absolute Gasteiger partial charge is 0.345 e. The number of hydrogen-bond acceptors (Lipinski definition) is 1. The van der Waals surface area contributed by atoms with Crippen molar-refractivity contribution in [3.05, 3.63) is 0 Å². The Kier molecular flexibility index (Phi) is 7.20. The molecule has 0 bridgehead atoms. The van der Waals surface area contributed by atoms with Crippen molar-refractivity contribution in [3.63, 3.8) is 0 Å². The molecule has 1 atom stereocenters. The molecule has 0 fully saturated rings. The number of unbranched alkanes of at least 4 members (excludes halogenated alkanes) is 5. The van der Waals surface area contributed by atoms with Crippen molar-refractivity contribution < 1.29 is 9.59 Å². The first-order valence-corrected chi connectivity index (χ1v) is 6.01. The van der Waals surface area contributed by atoms with Crippen LogP contribution in [0.2, 0.25) is 0 Å². The van der Waals surface area contributed by atoms with Gasteiger partial charge in [-0.3, -0.25) is 0 Å². The standard InChI is InChI=1S/C12H28NO/c1-5-6-7-8-9-10-11-13(3,4)12(2)14/h12,14H,5-11H2,1-4H3/q+1. The first kappa shape index (κ1) is 13.9. The third kappa shape index (κ3) is 6.39. The maximum absolute atomic E-state index is 9.49. The van der Waals surface area contributed by atoms with E-state index >= 15 is 0 Å². The maximum Gasteiger partial charge on any atom is 0.187 e. The van der Waals surface area contributed by atoms with Crippen LogP contribution in [0.5, 0.6) is 0 Å². The molecule has 0 saturated carbocycles. The second kappa shape index (κ2) is 7.24. The smallest absolute Gasteiger partial charge is 0.187 e. The molecule has 1 N–H and O–H groups in total. The Morgan fingerprint density at radius 3 is 2.00 bits per heavy atom. The summed E-state index contributed by atoms with van der Waals surface area (Å²) in [5, 5.41) is 9.49. The third-order valence-corrected chi connectivity index (χ3v) is 3.10. The molecule has 0 aromatic heterocycles. The van der Waals surface area contributed by atoms with Crippen LogP contribution in [0.15, 0.2) is 0 Å². The highest BCUT2D eigenvalue weighted by atomic mass is 16.3. The third-order valence-electron chi connectivity index (χ3n) is 3.10. The van der Waals surface area contributed by atoms with Gasteiger partial charge in [0.15, 0.2) is 6.23 Å². The van der Waals surface area contributed by atoms with Crippen LogP contribution in [0.4, 0.5) is 0 Å². The summed E-state index contributed by atoms with van der Waals surface area (Å²) in [6.45, 7) is 5.20. The van der Waals surface area contributed by atoms with Crippen molar-refractivity contribution >= 4 is 0 Å². The SMILES string of the molecule is CCCCCCCC[N+](C)(C)C(C)O. The molecule has 0 amide bonds. The lowest BCUT2D eigenvalue weighted by atomic mass is 10.1. The zero-order valence-electron chi connectivity index (χ0n) is 10.4. The van der Waals surface area contributed by atoms with Gasteiger partial charge in [0.2, 0.25) is 0 Å². The molecule has 0 spiro atoms. The lowest BCUT2D eigenvalue weighted by Gasteiger charge is -2.32. The maximum atomic E-state index is 9.49. The van der Waals surface area contributed by atoms with Crippen LogP contribution in [0.25, 0.3) is 0 Å². The Morgan fingerprint density at radius 2 is 1.50 bits per heavy atom. The van der Waals surface area contributed by atoms with Crippen LogP contribution in [0, 0.1) is 0 Å². The summed E-state index contributed by atoms with van der Waals surface area (Å²) in [6.07, 6.45) is 7.72. The molecule has 2 nitrogen and oxygen atoms in total. The molecule has 0 radical (unpaired) electrons. The minimum atomic E-state index is -0.245. The van der Waals surface area contributed by atoms with Crippen LogP contribution in [0.3, 0.4) is 0 Å². The number of quaternary nitrogens is 1. The molecular formula is C12H28NO+. The first-order chi connectivity index (χ1) is 6.50. The van der Waals surface area contributed by atoms with Gasteiger partial charge in [-0.1, -0.05) is 32.6 Å². The minimum absolute atomic E-state index is 0.245. The van der Waals surface area contributed by atoms with E-state index in [9.17, 15) is 5.11 Å². The van der Waals surface area contributed by atoms with Crippen LogP contribution < -0.4 is 0 Å². The number of aliphatic hydroxyl groups excluding tert-OH is 1. The topological polar surface area (TPSA) is 20.2 Å². The molecule has 0 aliphatic carbocycles. The molecule has 0 aromatic rings. The Bertz CT molecular complexity index is 132. The summed E-state index contributed by atoms with van der Waals surface area (Å²) in [5.74, 6) is 0. The molecule has 0 heterocycles. The van der Waals surface area contributed by atoms with Crippen LogP contribution >= 0.6 is 0 Å². The van der Waals surface area contributed by atoms with Gasteiger partial charge in [0, 0.05) is 6.92 Å². The Morgan fingerprint density at radius 1 is 1.00 bits per heavy atom. The first-order valence-electron chi connectivity index (χ1n) is 6.01. The van der Waals surface area contributed by atoms with Gasteiger partial charge in [0.1, 0.15) is 0 Å². The highest BCUT2D eigenvalue weighted by Gasteiger charge is 2.19. The Balaban J connectivity index is 3.35. The van der Waals surface area contributed by atoms with E-state index in [0.29, 0.717) is 0 Å². The Hall–Kier alpha value is -0.0800. The molecular weight excluding hydrogens is 174 g/mol. The average Bonchev–Trinajstić information content (AvgIpc) is 2.10. The molecule has 0 saturated heterocycles. The average molecular weight is 202 g/mol. The quantitative estimate of drug-likeness (QED) is 0.364. The van der Waals surface area contributed by atoms with E-state index in [2.05, 4.69) is 21.0 Å². The molecule has 0 aliphatic heterocycles. The fraction of sp³-hybridized carbons (Fsp3) is 1.00. The predicted octanol–water partition coefficient (Wildman–Crippen LogP) is 2.76. The minimum Gasteiger partial charge on any atom is -0.345 e. The molecule has 14 heavy (non-hydrogen) atoms. The highest BCUT2D eigenvalue weighted by molar-refractivity contribution is 4.44. The second-order valence-electron chi connectivity index (χ2n) is 4.90. The monoisotopic (exact) mass is 202 g/mol. The summed E-state index contributed by atoms with van der Waals surface area (Å²) in [6, 6.07) is 0. The van der Waals surface area contributed by atoms with Crippen molar-refractivity contribution in [3.8, 4) is 0 Å². The van der Waals surface area contributed by atoms with Gasteiger partial charge in [-0.05, 0) is 12.8 Å². The normalized spacial score (nSPS) is 14.4. The lowest BCUT2D eigenvalue weighted by molar-refractivity contribution is -0.934. The van der Waals surface area contributed by atoms with Gasteiger partial charge in [0.25, 0.3) is 0 Å². The number of nitrogens with zero attached hydrogens (tertiary/aromatic N) is 1. The zero-order valence-corrected chi connectivity index (χ0v) is 10.4. The summed E-state index contributed by atoms with van der Waals surface area (Å²) < 4.78 is 0.730. The van der Waals surface area contributed by atoms with E-state index < -0.39 is 0 Å². The van der Waals surface area contributed by atoms with Crippen LogP contribution in [-0.2, 0) is 0 Å². The zero-order chi connectivity index (χ0) is 11.0. The van der Waals surface area contributed by atoms with Gasteiger partial charge in [-0.2, -0.15) is 0 Å². The van der Waals surface area contributed by atoms with Crippen molar-refractivity contribution in [2.24, 2.45) is 0 Å². The molecule has 1 unspecified atom stereocenters. The molecule has 2 heteroatoms. The summed E-state index contributed by atoms with van der Waals surface area (Å²) in [7, 11) is 4.19. The van der Waals surface area contributed by atoms with Crippen LogP contribution in [0.1, 0.15) is 52.4 Å². The number of hydrogen-bond donors (Lipinski definition) is 1. The van der Waals surface area contributed by atoms with E-state index in [4.69, 9.17) is 0 Å². The fourth-order valence-corrected chi connectivity index (χ4v) is 1.49. The van der Waals surface area contributed by atoms with E-state index in [1.165, 1.54) is 38.5 Å². The lowest BCUT2D eigenvalue weighted by Crippen LogP contribution is -2.47. The second-order valence-corrected chi connectivity index (χ2v) is 4.90. The van der Waals surface area contributed by atoms with E-state index in [1.807, 2.05) is 6.92 Å². The molecule has 0 aromatic carbocycles. The number of aliphatic hydroxyl groups is 1. The molecule has 0 aliphatic rings. The highest BCUT2D eigenvalue weighted by Crippen LogP contribution is 2.10. The van der Waals surface area contributed by atoms with Crippen molar-refractivity contribution in [2.75, 3.05) is 20.6 Å². The van der Waals surface area contributed by atoms with Gasteiger partial charge >= 0.3 is 0 Å². The van der Waals surface area contributed by atoms with Gasteiger partial charge in [-0.25, -0.2) is 0 Å². The van der Waals surface area contributed by atoms with Crippen LogP contribution in [-0.4, -0.2) is 36.5 Å². The molecule has 86 valence electrons. The van der Waals surface area contributed by atoms with Crippen molar-refractivity contribution in [1.29, 1.82) is 0 Å². The van der Waals surface area contributed by atoms with E-state index in [-0.39, 0.29) is 6.23 Å². The van der Waals surface area contributed by atoms with Gasteiger partial charge in [0.05, 0.1) is 20.6 Å². The summed E-state index contributed by atoms with van der Waals surface area (Å²) in [5.41, 5.74) is 0. The van der Waals surface area contributed by atoms with E-state index in [1.54, 1.807) is 0 Å².